The molecular formula is C27H30N4O3S2. The molecule has 0 aliphatic rings. The number of hydrogen-bond donors (Lipinski definition) is 0. The number of hydrogen-bond acceptors (Lipinski definition) is 6. The molecule has 2 heterocycles. The molecule has 36 heavy (non-hydrogen) atoms. The van der Waals surface area contributed by atoms with Crippen LogP contribution < -0.4 is 4.90 Å². The molecule has 0 atom stereocenters. The van der Waals surface area contributed by atoms with Crippen LogP contribution in [0.15, 0.2) is 71.9 Å². The quantitative estimate of drug-likeness (QED) is 0.297. The molecule has 7 nitrogen and oxygen atoms in total. The Morgan fingerprint density at radius 3 is 2.33 bits per heavy atom. The van der Waals surface area contributed by atoms with Crippen molar-refractivity contribution in [1.82, 2.24) is 14.3 Å². The van der Waals surface area contributed by atoms with Gasteiger partial charge in [0.2, 0.25) is 10.0 Å². The van der Waals surface area contributed by atoms with E-state index in [0.717, 1.165) is 21.3 Å². The van der Waals surface area contributed by atoms with E-state index >= 15 is 0 Å². The summed E-state index contributed by atoms with van der Waals surface area (Å²) in [4.78, 5) is 24.6. The minimum atomic E-state index is -3.64. The van der Waals surface area contributed by atoms with Crippen LogP contribution in [0.5, 0.6) is 0 Å². The SMILES string of the molecule is CC(C)c1cccc2sc(N(Cc3cccnc3)C(=O)c3ccc(S(=O)(=O)N(C)C(C)C)cc3)nc12. The lowest BCUT2D eigenvalue weighted by molar-refractivity contribution is 0.0985. The molecule has 0 aliphatic carbocycles. The zero-order chi connectivity index (χ0) is 26.0. The summed E-state index contributed by atoms with van der Waals surface area (Å²) in [5, 5.41) is 0.586. The average Bonchev–Trinajstić information content (AvgIpc) is 3.31. The fourth-order valence-electron chi connectivity index (χ4n) is 3.81. The third kappa shape index (κ3) is 5.18. The van der Waals surface area contributed by atoms with Crippen LogP contribution in [0.1, 0.15) is 55.1 Å². The number of sulfonamides is 1. The maximum Gasteiger partial charge on any atom is 0.260 e. The third-order valence-electron chi connectivity index (χ3n) is 6.11. The number of amides is 1. The molecule has 2 aromatic heterocycles. The van der Waals surface area contributed by atoms with E-state index in [4.69, 9.17) is 4.98 Å². The summed E-state index contributed by atoms with van der Waals surface area (Å²) < 4.78 is 28.0. The van der Waals surface area contributed by atoms with E-state index in [2.05, 4.69) is 24.9 Å². The number of nitrogens with zero attached hydrogens (tertiary/aromatic N) is 4. The predicted octanol–water partition coefficient (Wildman–Crippen LogP) is 5.69. The molecule has 0 radical (unpaired) electrons. The Kier molecular flexibility index (Phi) is 7.54. The molecule has 0 saturated heterocycles. The van der Waals surface area contributed by atoms with Crippen LogP contribution in [-0.4, -0.2) is 41.7 Å². The molecule has 0 bridgehead atoms. The molecule has 2 aromatic carbocycles. The number of benzene rings is 2. The Morgan fingerprint density at radius 2 is 1.72 bits per heavy atom. The van der Waals surface area contributed by atoms with Crippen molar-refractivity contribution in [2.24, 2.45) is 0 Å². The van der Waals surface area contributed by atoms with E-state index in [1.54, 1.807) is 36.5 Å². The fourth-order valence-corrected chi connectivity index (χ4v) is 6.17. The minimum absolute atomic E-state index is 0.149. The predicted molar refractivity (Wildman–Crippen MR) is 145 cm³/mol. The molecule has 0 saturated carbocycles. The second-order valence-electron chi connectivity index (χ2n) is 9.24. The Bertz CT molecular complexity index is 1460. The molecule has 9 heteroatoms. The van der Waals surface area contributed by atoms with Gasteiger partial charge in [-0.15, -0.1) is 0 Å². The molecule has 188 valence electrons. The number of carbonyl (C=O) groups excluding carboxylic acids is 1. The van der Waals surface area contributed by atoms with Gasteiger partial charge in [0.05, 0.1) is 21.7 Å². The maximum absolute atomic E-state index is 13.8. The molecule has 1 amide bonds. The van der Waals surface area contributed by atoms with Crippen molar-refractivity contribution in [3.05, 3.63) is 83.7 Å². The van der Waals surface area contributed by atoms with Gasteiger partial charge in [-0.2, -0.15) is 4.31 Å². The van der Waals surface area contributed by atoms with E-state index < -0.39 is 10.0 Å². The van der Waals surface area contributed by atoms with E-state index in [9.17, 15) is 13.2 Å². The van der Waals surface area contributed by atoms with Crippen LogP contribution in [0.3, 0.4) is 0 Å². The smallest absolute Gasteiger partial charge is 0.260 e. The topological polar surface area (TPSA) is 83.5 Å². The Labute approximate surface area is 216 Å². The molecule has 0 aliphatic heterocycles. The lowest BCUT2D eigenvalue weighted by Crippen LogP contribution is -2.33. The van der Waals surface area contributed by atoms with Crippen LogP contribution in [0.25, 0.3) is 10.2 Å². The van der Waals surface area contributed by atoms with Crippen molar-refractivity contribution in [3.63, 3.8) is 0 Å². The summed E-state index contributed by atoms with van der Waals surface area (Å²) in [5.41, 5.74) is 3.28. The molecule has 4 rings (SSSR count). The average molecular weight is 523 g/mol. The number of thiazole rings is 1. The summed E-state index contributed by atoms with van der Waals surface area (Å²) >= 11 is 1.46. The number of anilines is 1. The van der Waals surface area contributed by atoms with Gasteiger partial charge in [-0.05, 0) is 67.3 Å². The second-order valence-corrected chi connectivity index (χ2v) is 12.2. The van der Waals surface area contributed by atoms with Crippen molar-refractivity contribution in [2.75, 3.05) is 11.9 Å². The lowest BCUT2D eigenvalue weighted by atomic mass is 10.0. The largest absolute Gasteiger partial charge is 0.279 e. The van der Waals surface area contributed by atoms with Crippen LogP contribution >= 0.6 is 11.3 Å². The van der Waals surface area contributed by atoms with Crippen LogP contribution in [0, 0.1) is 0 Å². The summed E-state index contributed by atoms with van der Waals surface area (Å²) in [5.74, 6) is 0.0368. The zero-order valence-corrected chi connectivity index (χ0v) is 22.7. The highest BCUT2D eigenvalue weighted by Gasteiger charge is 2.26. The Morgan fingerprint density at radius 1 is 1.00 bits per heavy atom. The fraction of sp³-hybridized carbons (Fsp3) is 0.296. The van der Waals surface area contributed by atoms with Gasteiger partial charge in [0.25, 0.3) is 5.91 Å². The molecule has 0 fully saturated rings. The Hall–Kier alpha value is -3.14. The second kappa shape index (κ2) is 10.5. The van der Waals surface area contributed by atoms with E-state index in [-0.39, 0.29) is 16.8 Å². The van der Waals surface area contributed by atoms with E-state index in [1.807, 2.05) is 38.1 Å². The van der Waals surface area contributed by atoms with Gasteiger partial charge in [0.1, 0.15) is 0 Å². The molecular weight excluding hydrogens is 492 g/mol. The molecule has 0 unspecified atom stereocenters. The summed E-state index contributed by atoms with van der Waals surface area (Å²) in [6, 6.07) is 15.8. The lowest BCUT2D eigenvalue weighted by Gasteiger charge is -2.22. The van der Waals surface area contributed by atoms with Gasteiger partial charge in [-0.25, -0.2) is 13.4 Å². The number of pyridine rings is 1. The van der Waals surface area contributed by atoms with Gasteiger partial charge in [0.15, 0.2) is 5.13 Å². The first-order valence-corrected chi connectivity index (χ1v) is 14.0. The highest BCUT2D eigenvalue weighted by molar-refractivity contribution is 7.89. The first kappa shape index (κ1) is 25.9. The highest BCUT2D eigenvalue weighted by atomic mass is 32.2. The van der Waals surface area contributed by atoms with Crippen LogP contribution in [0.4, 0.5) is 5.13 Å². The molecule has 0 spiro atoms. The summed E-state index contributed by atoms with van der Waals surface area (Å²) in [7, 11) is -2.09. The number of fused-ring (bicyclic) bond motifs is 1. The molecule has 0 N–H and O–H groups in total. The summed E-state index contributed by atoms with van der Waals surface area (Å²) in [6.07, 6.45) is 3.42. The Balaban J connectivity index is 1.73. The minimum Gasteiger partial charge on any atom is -0.279 e. The number of aromatic nitrogens is 2. The van der Waals surface area contributed by atoms with Crippen molar-refractivity contribution in [3.8, 4) is 0 Å². The van der Waals surface area contributed by atoms with Gasteiger partial charge in [-0.1, -0.05) is 43.4 Å². The van der Waals surface area contributed by atoms with Gasteiger partial charge >= 0.3 is 0 Å². The zero-order valence-electron chi connectivity index (χ0n) is 21.0. The van der Waals surface area contributed by atoms with Crippen molar-refractivity contribution < 1.29 is 13.2 Å². The number of rotatable bonds is 8. The third-order valence-corrected chi connectivity index (χ3v) is 9.20. The summed E-state index contributed by atoms with van der Waals surface area (Å²) in [6.45, 7) is 8.17. The van der Waals surface area contributed by atoms with Gasteiger partial charge in [0, 0.05) is 31.0 Å². The van der Waals surface area contributed by atoms with Gasteiger partial charge in [-0.3, -0.25) is 14.7 Å². The normalized spacial score (nSPS) is 12.1. The standard InChI is InChI=1S/C27H30N4O3S2/c1-18(2)23-9-6-10-24-25(23)29-27(35-24)31(17-20-8-7-15-28-16-20)26(32)21-11-13-22(14-12-21)36(33,34)30(5)19(3)4/h6-16,18-19H,17H2,1-5H3. The molecule has 4 aromatic rings. The van der Waals surface area contributed by atoms with Gasteiger partial charge < -0.3 is 0 Å². The van der Waals surface area contributed by atoms with E-state index in [1.165, 1.54) is 27.8 Å². The maximum atomic E-state index is 13.8. The first-order valence-electron chi connectivity index (χ1n) is 11.8. The van der Waals surface area contributed by atoms with Crippen molar-refractivity contribution in [1.29, 1.82) is 0 Å². The van der Waals surface area contributed by atoms with Crippen LogP contribution in [-0.2, 0) is 16.6 Å². The van der Waals surface area contributed by atoms with E-state index in [0.29, 0.717) is 23.2 Å². The number of para-hydroxylation sites is 1. The van der Waals surface area contributed by atoms with Crippen molar-refractivity contribution >= 4 is 42.6 Å². The van der Waals surface area contributed by atoms with Crippen molar-refractivity contribution in [2.45, 2.75) is 51.1 Å². The first-order chi connectivity index (χ1) is 17.1. The van der Waals surface area contributed by atoms with Crippen LogP contribution in [0.2, 0.25) is 0 Å². The monoisotopic (exact) mass is 522 g/mol. The highest BCUT2D eigenvalue weighted by Crippen LogP contribution is 2.35. The number of carbonyl (C=O) groups is 1.